The number of phenolic OH excluding ortho intramolecular Hbond substituents is 1. The number of nitrogens with two attached hydrogens (primary N) is 1. The summed E-state index contributed by atoms with van der Waals surface area (Å²) in [5.74, 6) is 0.328. The van der Waals surface area contributed by atoms with Gasteiger partial charge < -0.3 is 10.8 Å². The Kier molecular flexibility index (Phi) is 2.88. The molecule has 2 heteroatoms. The summed E-state index contributed by atoms with van der Waals surface area (Å²) in [7, 11) is 0. The van der Waals surface area contributed by atoms with Gasteiger partial charge in [0.05, 0.1) is 0 Å². The van der Waals surface area contributed by atoms with Crippen LogP contribution in [0.1, 0.15) is 11.1 Å². The van der Waals surface area contributed by atoms with E-state index in [2.05, 4.69) is 0 Å². The van der Waals surface area contributed by atoms with Crippen LogP contribution in [0.15, 0.2) is 24.3 Å². The van der Waals surface area contributed by atoms with Gasteiger partial charge in [0.1, 0.15) is 5.75 Å². The van der Waals surface area contributed by atoms with Gasteiger partial charge in [0.25, 0.3) is 0 Å². The molecular formula is C10H13NO. The van der Waals surface area contributed by atoms with E-state index in [9.17, 15) is 5.11 Å². The highest BCUT2D eigenvalue weighted by Crippen LogP contribution is 2.20. The molecule has 0 aromatic heterocycles. The largest absolute Gasteiger partial charge is 0.508 e. The smallest absolute Gasteiger partial charge is 0.119 e. The number of hydrogen-bond acceptors (Lipinski definition) is 2. The van der Waals surface area contributed by atoms with Gasteiger partial charge in [0.15, 0.2) is 0 Å². The second-order valence-electron chi connectivity index (χ2n) is 2.63. The van der Waals surface area contributed by atoms with Gasteiger partial charge >= 0.3 is 0 Å². The van der Waals surface area contributed by atoms with Crippen LogP contribution in [-0.4, -0.2) is 11.7 Å². The fourth-order valence-corrected chi connectivity index (χ4v) is 1.02. The zero-order chi connectivity index (χ0) is 8.97. The maximum absolute atomic E-state index is 9.33. The van der Waals surface area contributed by atoms with E-state index in [1.54, 1.807) is 6.07 Å². The third-order valence-electron chi connectivity index (χ3n) is 1.78. The Morgan fingerprint density at radius 1 is 1.50 bits per heavy atom. The molecule has 0 saturated carbocycles. The Hall–Kier alpha value is -1.28. The van der Waals surface area contributed by atoms with Crippen molar-refractivity contribution in [3.63, 3.8) is 0 Å². The lowest BCUT2D eigenvalue weighted by Crippen LogP contribution is -1.92. The summed E-state index contributed by atoms with van der Waals surface area (Å²) in [4.78, 5) is 0. The first-order valence-corrected chi connectivity index (χ1v) is 3.91. The van der Waals surface area contributed by atoms with E-state index in [1.807, 2.05) is 31.2 Å². The summed E-state index contributed by atoms with van der Waals surface area (Å²) >= 11 is 0. The Bertz CT molecular complexity index is 292. The number of rotatable bonds is 2. The van der Waals surface area contributed by atoms with Crippen LogP contribution in [0.3, 0.4) is 0 Å². The van der Waals surface area contributed by atoms with Crippen molar-refractivity contribution in [3.8, 4) is 5.75 Å². The van der Waals surface area contributed by atoms with Crippen molar-refractivity contribution in [1.82, 2.24) is 0 Å². The van der Waals surface area contributed by atoms with Gasteiger partial charge in [-0.15, -0.1) is 0 Å². The average molecular weight is 163 g/mol. The van der Waals surface area contributed by atoms with E-state index in [4.69, 9.17) is 5.73 Å². The molecule has 2 nitrogen and oxygen atoms in total. The van der Waals surface area contributed by atoms with Crippen molar-refractivity contribution in [2.24, 2.45) is 5.73 Å². The van der Waals surface area contributed by atoms with Crippen LogP contribution in [0.4, 0.5) is 0 Å². The Balaban J connectivity index is 3.00. The molecule has 0 amide bonds. The first-order valence-electron chi connectivity index (χ1n) is 3.91. The van der Waals surface area contributed by atoms with Crippen molar-refractivity contribution in [3.05, 3.63) is 35.4 Å². The van der Waals surface area contributed by atoms with Crippen molar-refractivity contribution in [2.75, 3.05) is 6.54 Å². The minimum Gasteiger partial charge on any atom is -0.508 e. The molecule has 0 radical (unpaired) electrons. The maximum atomic E-state index is 9.33. The van der Waals surface area contributed by atoms with E-state index >= 15 is 0 Å². The Morgan fingerprint density at radius 3 is 2.92 bits per heavy atom. The van der Waals surface area contributed by atoms with Crippen molar-refractivity contribution in [1.29, 1.82) is 0 Å². The van der Waals surface area contributed by atoms with Crippen LogP contribution in [-0.2, 0) is 0 Å². The molecule has 1 aromatic carbocycles. The maximum Gasteiger partial charge on any atom is 0.119 e. The van der Waals surface area contributed by atoms with Crippen molar-refractivity contribution >= 4 is 6.08 Å². The molecule has 3 N–H and O–H groups in total. The summed E-state index contributed by atoms with van der Waals surface area (Å²) in [6.45, 7) is 2.40. The molecule has 0 spiro atoms. The molecule has 0 aliphatic rings. The van der Waals surface area contributed by atoms with Crippen molar-refractivity contribution in [2.45, 2.75) is 6.92 Å². The summed E-state index contributed by atoms with van der Waals surface area (Å²) in [6.07, 6.45) is 3.77. The van der Waals surface area contributed by atoms with Crippen LogP contribution in [0.5, 0.6) is 5.75 Å². The molecule has 0 unspecified atom stereocenters. The van der Waals surface area contributed by atoms with E-state index in [0.717, 1.165) is 11.1 Å². The van der Waals surface area contributed by atoms with Crippen LogP contribution in [0, 0.1) is 6.92 Å². The molecule has 64 valence electrons. The van der Waals surface area contributed by atoms with Gasteiger partial charge in [-0.25, -0.2) is 0 Å². The molecule has 0 fully saturated rings. The van der Waals surface area contributed by atoms with Gasteiger partial charge in [0.2, 0.25) is 0 Å². The van der Waals surface area contributed by atoms with Gasteiger partial charge in [-0.3, -0.25) is 0 Å². The average Bonchev–Trinajstić information content (AvgIpc) is 2.08. The minimum atomic E-state index is 0.328. The van der Waals surface area contributed by atoms with Crippen molar-refractivity contribution < 1.29 is 5.11 Å². The van der Waals surface area contributed by atoms with Crippen LogP contribution >= 0.6 is 0 Å². The van der Waals surface area contributed by atoms with E-state index in [-0.39, 0.29) is 0 Å². The summed E-state index contributed by atoms with van der Waals surface area (Å²) in [6, 6.07) is 5.44. The second kappa shape index (κ2) is 3.93. The first kappa shape index (κ1) is 8.81. The van der Waals surface area contributed by atoms with E-state index in [0.29, 0.717) is 12.3 Å². The fourth-order valence-electron chi connectivity index (χ4n) is 1.02. The third-order valence-corrected chi connectivity index (χ3v) is 1.78. The highest BCUT2D eigenvalue weighted by Gasteiger charge is 1.97. The number of hydrogen-bond donors (Lipinski definition) is 2. The molecule has 0 bridgehead atoms. The lowest BCUT2D eigenvalue weighted by Gasteiger charge is -2.01. The Morgan fingerprint density at radius 2 is 2.25 bits per heavy atom. The molecule has 0 aliphatic heterocycles. The van der Waals surface area contributed by atoms with Gasteiger partial charge in [-0.2, -0.15) is 0 Å². The molecule has 0 aliphatic carbocycles. The third kappa shape index (κ3) is 1.86. The molecule has 0 saturated heterocycles. The lowest BCUT2D eigenvalue weighted by atomic mass is 10.1. The SMILES string of the molecule is Cc1c(O)cccc1C=CCN. The van der Waals surface area contributed by atoms with Crippen LogP contribution in [0.25, 0.3) is 6.08 Å². The second-order valence-corrected chi connectivity index (χ2v) is 2.63. The lowest BCUT2D eigenvalue weighted by molar-refractivity contribution is 0.471. The normalized spacial score (nSPS) is 10.8. The number of benzene rings is 1. The highest BCUT2D eigenvalue weighted by atomic mass is 16.3. The van der Waals surface area contributed by atoms with E-state index in [1.165, 1.54) is 0 Å². The van der Waals surface area contributed by atoms with Gasteiger partial charge in [-0.05, 0) is 24.1 Å². The fraction of sp³-hybridized carbons (Fsp3) is 0.200. The van der Waals surface area contributed by atoms with Gasteiger partial charge in [0, 0.05) is 6.54 Å². The van der Waals surface area contributed by atoms with Crippen LogP contribution < -0.4 is 5.73 Å². The number of phenols is 1. The summed E-state index contributed by atoms with van der Waals surface area (Å²) in [5.41, 5.74) is 7.22. The predicted molar refractivity (Wildman–Crippen MR) is 50.9 cm³/mol. The summed E-state index contributed by atoms with van der Waals surface area (Å²) in [5, 5.41) is 9.33. The highest BCUT2D eigenvalue weighted by molar-refractivity contribution is 5.57. The molecular weight excluding hydrogens is 150 g/mol. The predicted octanol–water partition coefficient (Wildman–Crippen LogP) is 1.67. The van der Waals surface area contributed by atoms with E-state index < -0.39 is 0 Å². The topological polar surface area (TPSA) is 46.2 Å². The molecule has 1 aromatic rings. The zero-order valence-corrected chi connectivity index (χ0v) is 7.12. The first-order chi connectivity index (χ1) is 5.75. The quantitative estimate of drug-likeness (QED) is 0.696. The summed E-state index contributed by atoms with van der Waals surface area (Å²) < 4.78 is 0. The minimum absolute atomic E-state index is 0.328. The molecule has 0 atom stereocenters. The zero-order valence-electron chi connectivity index (χ0n) is 7.12. The standard InChI is InChI=1S/C10H13NO/c1-8-9(5-3-7-11)4-2-6-10(8)12/h2-6,12H,7,11H2,1H3. The molecule has 1 rings (SSSR count). The van der Waals surface area contributed by atoms with Gasteiger partial charge in [-0.1, -0.05) is 24.3 Å². The number of aromatic hydroxyl groups is 1. The Labute approximate surface area is 72.3 Å². The molecule has 0 heterocycles. The van der Waals surface area contributed by atoms with Crippen LogP contribution in [0.2, 0.25) is 0 Å². The molecule has 12 heavy (non-hydrogen) atoms. The monoisotopic (exact) mass is 163 g/mol.